The Morgan fingerprint density at radius 3 is 2.38 bits per heavy atom. The number of unbranched alkanes of at least 4 members (excludes halogenated alkanes) is 2. The van der Waals surface area contributed by atoms with E-state index in [0.29, 0.717) is 12.0 Å². The molecule has 1 N–H and O–H groups in total. The van der Waals surface area contributed by atoms with Gasteiger partial charge < -0.3 is 15.1 Å². The summed E-state index contributed by atoms with van der Waals surface area (Å²) in [4.78, 5) is 28.9. The number of rotatable bonds is 7. The highest BCUT2D eigenvalue weighted by Crippen LogP contribution is 2.21. The van der Waals surface area contributed by atoms with Crippen LogP contribution in [0.5, 0.6) is 0 Å². The number of amides is 2. The van der Waals surface area contributed by atoms with Crippen LogP contribution in [0.3, 0.4) is 0 Å². The SMILES string of the molecule is CCCCCC(=O)N1CCN(c2ccc(NC(=O)c3cccc(Br)c3)cc2)CC1. The van der Waals surface area contributed by atoms with Gasteiger partial charge in [-0.15, -0.1) is 0 Å². The molecule has 3 rings (SSSR count). The lowest BCUT2D eigenvalue weighted by Crippen LogP contribution is -2.48. The highest BCUT2D eigenvalue weighted by molar-refractivity contribution is 9.10. The summed E-state index contributed by atoms with van der Waals surface area (Å²) in [7, 11) is 0. The van der Waals surface area contributed by atoms with E-state index >= 15 is 0 Å². The molecule has 1 aliphatic heterocycles. The molecule has 0 atom stereocenters. The van der Waals surface area contributed by atoms with Crippen LogP contribution >= 0.6 is 15.9 Å². The Hall–Kier alpha value is -2.34. The van der Waals surface area contributed by atoms with Crippen molar-refractivity contribution in [2.24, 2.45) is 0 Å². The number of halogens is 1. The van der Waals surface area contributed by atoms with E-state index in [9.17, 15) is 9.59 Å². The maximum absolute atomic E-state index is 12.4. The van der Waals surface area contributed by atoms with Crippen molar-refractivity contribution < 1.29 is 9.59 Å². The average Bonchev–Trinajstić information content (AvgIpc) is 2.74. The molecular weight excluding hydrogens is 430 g/mol. The van der Waals surface area contributed by atoms with Gasteiger partial charge >= 0.3 is 0 Å². The molecule has 0 aliphatic carbocycles. The molecule has 0 saturated carbocycles. The summed E-state index contributed by atoms with van der Waals surface area (Å²) < 4.78 is 0.878. The first-order valence-electron chi connectivity index (χ1n) is 10.3. The van der Waals surface area contributed by atoms with Crippen molar-refractivity contribution in [3.63, 3.8) is 0 Å². The summed E-state index contributed by atoms with van der Waals surface area (Å²) in [6.45, 7) is 5.37. The summed E-state index contributed by atoms with van der Waals surface area (Å²) >= 11 is 3.39. The van der Waals surface area contributed by atoms with Gasteiger partial charge in [0.15, 0.2) is 0 Å². The van der Waals surface area contributed by atoms with Crippen LogP contribution in [-0.4, -0.2) is 42.9 Å². The van der Waals surface area contributed by atoms with E-state index in [2.05, 4.69) is 33.1 Å². The Morgan fingerprint density at radius 1 is 1.00 bits per heavy atom. The van der Waals surface area contributed by atoms with Crippen LogP contribution in [0.15, 0.2) is 53.0 Å². The molecule has 0 bridgehead atoms. The second-order valence-electron chi connectivity index (χ2n) is 7.34. The van der Waals surface area contributed by atoms with Crippen LogP contribution in [0.25, 0.3) is 0 Å². The van der Waals surface area contributed by atoms with Gasteiger partial charge in [-0.1, -0.05) is 41.8 Å². The molecule has 0 spiro atoms. The zero-order chi connectivity index (χ0) is 20.6. The van der Waals surface area contributed by atoms with Gasteiger partial charge in [-0.25, -0.2) is 0 Å². The third kappa shape index (κ3) is 6.07. The Kier molecular flexibility index (Phi) is 7.69. The number of hydrogen-bond donors (Lipinski definition) is 1. The van der Waals surface area contributed by atoms with Crippen LogP contribution in [0.2, 0.25) is 0 Å². The smallest absolute Gasteiger partial charge is 0.255 e. The maximum atomic E-state index is 12.4. The van der Waals surface area contributed by atoms with Crippen LogP contribution < -0.4 is 10.2 Å². The number of carbonyl (C=O) groups is 2. The first kappa shape index (κ1) is 21.4. The number of carbonyl (C=O) groups excluding carboxylic acids is 2. The van der Waals surface area contributed by atoms with E-state index in [1.165, 1.54) is 0 Å². The topological polar surface area (TPSA) is 52.7 Å². The third-order valence-electron chi connectivity index (χ3n) is 5.20. The molecule has 0 aromatic heterocycles. The summed E-state index contributed by atoms with van der Waals surface area (Å²) in [5.74, 6) is 0.151. The van der Waals surface area contributed by atoms with Crippen molar-refractivity contribution in [3.8, 4) is 0 Å². The quantitative estimate of drug-likeness (QED) is 0.599. The zero-order valence-electron chi connectivity index (χ0n) is 16.9. The monoisotopic (exact) mass is 457 g/mol. The maximum Gasteiger partial charge on any atom is 0.255 e. The highest BCUT2D eigenvalue weighted by atomic mass is 79.9. The standard InChI is InChI=1S/C23H28BrN3O2/c1-2-3-4-8-22(28)27-15-13-26(14-16-27)21-11-9-20(10-12-21)25-23(29)18-6-5-7-19(24)17-18/h5-7,9-12,17H,2-4,8,13-16H2,1H3,(H,25,29). The summed E-state index contributed by atoms with van der Waals surface area (Å²) in [6.07, 6.45) is 3.92. The molecular formula is C23H28BrN3O2. The Labute approximate surface area is 181 Å². The van der Waals surface area contributed by atoms with E-state index in [1.54, 1.807) is 12.1 Å². The number of piperazine rings is 1. The molecule has 2 aromatic rings. The summed E-state index contributed by atoms with van der Waals surface area (Å²) in [5, 5.41) is 2.93. The molecule has 5 nitrogen and oxygen atoms in total. The van der Waals surface area contributed by atoms with Gasteiger partial charge in [0.05, 0.1) is 0 Å². The van der Waals surface area contributed by atoms with Crippen molar-refractivity contribution in [2.45, 2.75) is 32.6 Å². The molecule has 1 aliphatic rings. The molecule has 0 radical (unpaired) electrons. The van der Waals surface area contributed by atoms with Gasteiger partial charge in [0, 0.05) is 54.0 Å². The van der Waals surface area contributed by atoms with Gasteiger partial charge in [-0.2, -0.15) is 0 Å². The molecule has 0 unspecified atom stereocenters. The number of nitrogens with one attached hydrogen (secondary N) is 1. The minimum Gasteiger partial charge on any atom is -0.368 e. The lowest BCUT2D eigenvalue weighted by atomic mass is 10.1. The summed E-state index contributed by atoms with van der Waals surface area (Å²) in [6, 6.07) is 15.2. The van der Waals surface area contributed by atoms with Crippen LogP contribution in [0.1, 0.15) is 43.0 Å². The molecule has 1 fully saturated rings. The number of nitrogens with zero attached hydrogens (tertiary/aromatic N) is 2. The van der Waals surface area contributed by atoms with E-state index in [4.69, 9.17) is 0 Å². The van der Waals surface area contributed by atoms with Crippen LogP contribution in [0, 0.1) is 0 Å². The zero-order valence-corrected chi connectivity index (χ0v) is 18.5. The molecule has 2 aromatic carbocycles. The van der Waals surface area contributed by atoms with Crippen LogP contribution in [0.4, 0.5) is 11.4 Å². The number of benzene rings is 2. The van der Waals surface area contributed by atoms with Crippen molar-refractivity contribution >= 4 is 39.1 Å². The number of anilines is 2. The highest BCUT2D eigenvalue weighted by Gasteiger charge is 2.20. The molecule has 2 amide bonds. The third-order valence-corrected chi connectivity index (χ3v) is 5.70. The van der Waals surface area contributed by atoms with Crippen molar-refractivity contribution in [2.75, 3.05) is 36.4 Å². The Morgan fingerprint density at radius 2 is 1.72 bits per heavy atom. The fraction of sp³-hybridized carbons (Fsp3) is 0.391. The summed E-state index contributed by atoms with van der Waals surface area (Å²) in [5.41, 5.74) is 2.50. The first-order chi connectivity index (χ1) is 14.1. The second kappa shape index (κ2) is 10.4. The van der Waals surface area contributed by atoms with Gasteiger partial charge in [-0.05, 0) is 48.9 Å². The normalized spacial score (nSPS) is 14.0. The lowest BCUT2D eigenvalue weighted by Gasteiger charge is -2.36. The molecule has 29 heavy (non-hydrogen) atoms. The second-order valence-corrected chi connectivity index (χ2v) is 8.25. The van der Waals surface area contributed by atoms with Crippen molar-refractivity contribution in [1.29, 1.82) is 0 Å². The molecule has 154 valence electrons. The van der Waals surface area contributed by atoms with Gasteiger partial charge in [0.25, 0.3) is 5.91 Å². The van der Waals surface area contributed by atoms with E-state index in [-0.39, 0.29) is 11.8 Å². The average molecular weight is 458 g/mol. The van der Waals surface area contributed by atoms with Gasteiger partial charge in [0.1, 0.15) is 0 Å². The predicted octanol–water partition coefficient (Wildman–Crippen LogP) is 4.93. The van der Waals surface area contributed by atoms with E-state index < -0.39 is 0 Å². The fourth-order valence-electron chi connectivity index (χ4n) is 3.49. The van der Waals surface area contributed by atoms with E-state index in [1.807, 2.05) is 41.3 Å². The number of hydrogen-bond acceptors (Lipinski definition) is 3. The van der Waals surface area contributed by atoms with Crippen molar-refractivity contribution in [3.05, 3.63) is 58.6 Å². The first-order valence-corrected chi connectivity index (χ1v) is 11.1. The van der Waals surface area contributed by atoms with Gasteiger partial charge in [-0.3, -0.25) is 9.59 Å². The molecule has 1 saturated heterocycles. The van der Waals surface area contributed by atoms with Crippen LogP contribution in [-0.2, 0) is 4.79 Å². The minimum absolute atomic E-state index is 0.130. The minimum atomic E-state index is -0.130. The van der Waals surface area contributed by atoms with Crippen molar-refractivity contribution in [1.82, 2.24) is 4.90 Å². The van der Waals surface area contributed by atoms with E-state index in [0.717, 1.165) is 61.3 Å². The van der Waals surface area contributed by atoms with Gasteiger partial charge in [0.2, 0.25) is 5.91 Å². The lowest BCUT2D eigenvalue weighted by molar-refractivity contribution is -0.131. The molecule has 1 heterocycles. The fourth-order valence-corrected chi connectivity index (χ4v) is 3.89. The molecule has 6 heteroatoms. The Bertz CT molecular complexity index is 830. The Balaban J connectivity index is 1.51. The largest absolute Gasteiger partial charge is 0.368 e. The predicted molar refractivity (Wildman–Crippen MR) is 121 cm³/mol.